The summed E-state index contributed by atoms with van der Waals surface area (Å²) in [5.74, 6) is 0.680. The van der Waals surface area contributed by atoms with Crippen LogP contribution in [0, 0.1) is 11.3 Å². The Balaban J connectivity index is 1.49. The molecule has 1 heterocycles. The van der Waals surface area contributed by atoms with Crippen LogP contribution in [0.15, 0.2) is 66.0 Å². The van der Waals surface area contributed by atoms with Crippen molar-refractivity contribution in [3.8, 4) is 11.8 Å². The number of benzene rings is 2. The van der Waals surface area contributed by atoms with Crippen LogP contribution in [-0.4, -0.2) is 5.91 Å². The topological polar surface area (TPSA) is 62.1 Å². The minimum atomic E-state index is 0.00503. The Bertz CT molecular complexity index is 929. The van der Waals surface area contributed by atoms with Gasteiger partial charge in [-0.05, 0) is 54.1 Å². The lowest BCUT2D eigenvalue weighted by Gasteiger charge is -2.09. The summed E-state index contributed by atoms with van der Waals surface area (Å²) in [6, 6.07) is 20.9. The van der Waals surface area contributed by atoms with Gasteiger partial charge in [0, 0.05) is 23.1 Å². The molecular weight excluding hydrogens is 356 g/mol. The zero-order chi connectivity index (χ0) is 18.9. The quantitative estimate of drug-likeness (QED) is 0.591. The van der Waals surface area contributed by atoms with Crippen LogP contribution in [-0.2, 0) is 17.8 Å². The number of hydrogen-bond acceptors (Lipinski definition) is 4. The van der Waals surface area contributed by atoms with Gasteiger partial charge in [-0.25, -0.2) is 0 Å². The highest BCUT2D eigenvalue weighted by Gasteiger charge is 2.05. The molecule has 0 aliphatic heterocycles. The van der Waals surface area contributed by atoms with Crippen LogP contribution in [0.3, 0.4) is 0 Å². The van der Waals surface area contributed by atoms with Crippen molar-refractivity contribution in [3.63, 3.8) is 0 Å². The first-order valence-corrected chi connectivity index (χ1v) is 9.65. The van der Waals surface area contributed by atoms with Gasteiger partial charge >= 0.3 is 0 Å². The van der Waals surface area contributed by atoms with Crippen LogP contribution >= 0.6 is 11.3 Å². The molecule has 136 valence electrons. The van der Waals surface area contributed by atoms with Gasteiger partial charge in [0.2, 0.25) is 5.91 Å². The number of ether oxygens (including phenoxy) is 1. The fourth-order valence-electron chi connectivity index (χ4n) is 2.66. The first kappa shape index (κ1) is 18.7. The molecule has 0 aliphatic carbocycles. The van der Waals surface area contributed by atoms with Gasteiger partial charge in [0.1, 0.15) is 12.4 Å². The van der Waals surface area contributed by atoms with E-state index in [4.69, 9.17) is 10.00 Å². The summed E-state index contributed by atoms with van der Waals surface area (Å²) in [6.45, 7) is 0.369. The zero-order valence-electron chi connectivity index (χ0n) is 14.9. The van der Waals surface area contributed by atoms with Crippen molar-refractivity contribution in [2.75, 3.05) is 5.32 Å². The summed E-state index contributed by atoms with van der Waals surface area (Å²) < 4.78 is 5.78. The molecule has 1 amide bonds. The van der Waals surface area contributed by atoms with E-state index in [1.165, 1.54) is 4.88 Å². The highest BCUT2D eigenvalue weighted by Crippen LogP contribution is 2.19. The fourth-order valence-corrected chi connectivity index (χ4v) is 3.41. The van der Waals surface area contributed by atoms with Crippen LogP contribution in [0.5, 0.6) is 5.75 Å². The average molecular weight is 376 g/mol. The number of carbonyl (C=O) groups is 1. The molecule has 0 aliphatic rings. The van der Waals surface area contributed by atoms with Crippen molar-refractivity contribution < 1.29 is 9.53 Å². The number of carbonyl (C=O) groups excluding carboxylic acids is 1. The molecule has 0 saturated heterocycles. The summed E-state index contributed by atoms with van der Waals surface area (Å²) in [5, 5.41) is 13.9. The van der Waals surface area contributed by atoms with E-state index in [2.05, 4.69) is 22.8 Å². The molecule has 3 rings (SSSR count). The number of nitrogens with one attached hydrogen (secondary N) is 1. The van der Waals surface area contributed by atoms with Gasteiger partial charge in [-0.2, -0.15) is 5.26 Å². The number of thiophene rings is 1. The molecule has 0 unspecified atom stereocenters. The van der Waals surface area contributed by atoms with E-state index >= 15 is 0 Å². The van der Waals surface area contributed by atoms with Crippen LogP contribution < -0.4 is 10.1 Å². The monoisotopic (exact) mass is 376 g/mol. The molecule has 0 fully saturated rings. The van der Waals surface area contributed by atoms with Crippen LogP contribution in [0.4, 0.5) is 5.69 Å². The third-order valence-electron chi connectivity index (χ3n) is 3.99. The highest BCUT2D eigenvalue weighted by atomic mass is 32.1. The van der Waals surface area contributed by atoms with E-state index < -0.39 is 0 Å². The summed E-state index contributed by atoms with van der Waals surface area (Å²) in [6.07, 6.45) is 2.25. The first-order valence-electron chi connectivity index (χ1n) is 8.77. The third-order valence-corrected chi connectivity index (χ3v) is 4.92. The summed E-state index contributed by atoms with van der Waals surface area (Å²) in [5.41, 5.74) is 2.26. The van der Waals surface area contributed by atoms with Crippen molar-refractivity contribution >= 4 is 22.9 Å². The molecule has 2 aromatic carbocycles. The summed E-state index contributed by atoms with van der Waals surface area (Å²) in [7, 11) is 0. The number of nitriles is 1. The molecular formula is C22H20N2O2S. The first-order chi connectivity index (χ1) is 13.2. The number of nitrogens with zero attached hydrogens (tertiary/aromatic N) is 1. The van der Waals surface area contributed by atoms with Crippen LogP contribution in [0.1, 0.15) is 28.8 Å². The Morgan fingerprint density at radius 3 is 2.81 bits per heavy atom. The predicted octanol–water partition coefficient (Wildman–Crippen LogP) is 5.16. The lowest BCUT2D eigenvalue weighted by Crippen LogP contribution is -2.11. The van der Waals surface area contributed by atoms with Gasteiger partial charge in [0.05, 0.1) is 11.6 Å². The molecule has 4 nitrogen and oxygen atoms in total. The van der Waals surface area contributed by atoms with E-state index in [0.29, 0.717) is 24.3 Å². The zero-order valence-corrected chi connectivity index (χ0v) is 15.7. The molecule has 0 spiro atoms. The number of hydrogen-bond donors (Lipinski definition) is 1. The second kappa shape index (κ2) is 9.56. The standard InChI is InChI=1S/C22H20N2O2S/c23-15-17-5-1-6-18(13-17)16-26-20-8-2-7-19(14-20)24-22(25)11-3-9-21-10-4-12-27-21/h1-2,4-8,10,12-14H,3,9,11,16H2,(H,24,25). The van der Waals surface area contributed by atoms with Crippen LogP contribution in [0.25, 0.3) is 0 Å². The maximum absolute atomic E-state index is 12.1. The van der Waals surface area contributed by atoms with E-state index in [0.717, 1.165) is 24.1 Å². The normalized spacial score (nSPS) is 10.2. The predicted molar refractivity (Wildman–Crippen MR) is 108 cm³/mol. The van der Waals surface area contributed by atoms with Crippen molar-refractivity contribution in [1.82, 2.24) is 0 Å². The van der Waals surface area contributed by atoms with Gasteiger partial charge in [-0.3, -0.25) is 4.79 Å². The molecule has 27 heavy (non-hydrogen) atoms. The second-order valence-corrected chi connectivity index (χ2v) is 7.14. The second-order valence-electron chi connectivity index (χ2n) is 6.11. The lowest BCUT2D eigenvalue weighted by molar-refractivity contribution is -0.116. The van der Waals surface area contributed by atoms with Gasteiger partial charge in [0.15, 0.2) is 0 Å². The Labute approximate surface area is 163 Å². The summed E-state index contributed by atoms with van der Waals surface area (Å²) >= 11 is 1.72. The van der Waals surface area contributed by atoms with Crippen molar-refractivity contribution in [2.45, 2.75) is 25.9 Å². The number of aryl methyl sites for hydroxylation is 1. The maximum Gasteiger partial charge on any atom is 0.224 e. The Morgan fingerprint density at radius 1 is 1.11 bits per heavy atom. The van der Waals surface area contributed by atoms with Crippen LogP contribution in [0.2, 0.25) is 0 Å². The Morgan fingerprint density at radius 2 is 2.00 bits per heavy atom. The van der Waals surface area contributed by atoms with Gasteiger partial charge in [0.25, 0.3) is 0 Å². The van der Waals surface area contributed by atoms with Crippen molar-refractivity contribution in [1.29, 1.82) is 5.26 Å². The van der Waals surface area contributed by atoms with E-state index in [9.17, 15) is 4.79 Å². The molecule has 0 saturated carbocycles. The molecule has 0 bridgehead atoms. The number of anilines is 1. The Kier molecular flexibility index (Phi) is 6.61. The van der Waals surface area contributed by atoms with E-state index in [1.54, 1.807) is 23.5 Å². The molecule has 3 aromatic rings. The minimum absolute atomic E-state index is 0.00503. The SMILES string of the molecule is N#Cc1cccc(COc2cccc(NC(=O)CCCc3cccs3)c2)c1. The minimum Gasteiger partial charge on any atom is -0.489 e. The molecule has 0 atom stereocenters. The fraction of sp³-hybridized carbons (Fsp3) is 0.182. The van der Waals surface area contributed by atoms with Gasteiger partial charge in [-0.1, -0.05) is 24.3 Å². The number of amides is 1. The molecule has 1 N–H and O–H groups in total. The summed E-state index contributed by atoms with van der Waals surface area (Å²) in [4.78, 5) is 13.4. The van der Waals surface area contributed by atoms with Crippen molar-refractivity contribution in [2.24, 2.45) is 0 Å². The lowest BCUT2D eigenvalue weighted by atomic mass is 10.1. The molecule has 1 aromatic heterocycles. The smallest absolute Gasteiger partial charge is 0.224 e. The average Bonchev–Trinajstić information content (AvgIpc) is 3.20. The highest BCUT2D eigenvalue weighted by molar-refractivity contribution is 7.09. The largest absolute Gasteiger partial charge is 0.489 e. The number of rotatable bonds is 8. The van der Waals surface area contributed by atoms with Crippen molar-refractivity contribution in [3.05, 3.63) is 82.0 Å². The Hall–Kier alpha value is -3.10. The molecule has 5 heteroatoms. The van der Waals surface area contributed by atoms with E-state index in [-0.39, 0.29) is 5.91 Å². The van der Waals surface area contributed by atoms with Gasteiger partial charge < -0.3 is 10.1 Å². The third kappa shape index (κ3) is 5.98. The van der Waals surface area contributed by atoms with Gasteiger partial charge in [-0.15, -0.1) is 11.3 Å². The molecule has 0 radical (unpaired) electrons. The van der Waals surface area contributed by atoms with E-state index in [1.807, 2.05) is 42.5 Å². The maximum atomic E-state index is 12.1.